The Morgan fingerprint density at radius 1 is 1.29 bits per heavy atom. The van der Waals surface area contributed by atoms with Crippen molar-refractivity contribution in [2.75, 3.05) is 12.0 Å². The monoisotopic (exact) mass is 288 g/mol. The average Bonchev–Trinajstić information content (AvgIpc) is 2.87. The van der Waals surface area contributed by atoms with Gasteiger partial charge in [-0.15, -0.1) is 0 Å². The Labute approximate surface area is 126 Å². The molecule has 0 radical (unpaired) electrons. The highest BCUT2D eigenvalue weighted by Gasteiger charge is 2.52. The number of nitrogens with zero attached hydrogens (tertiary/aromatic N) is 2. The second kappa shape index (κ2) is 4.93. The zero-order valence-corrected chi connectivity index (χ0v) is 12.9. The molecule has 1 saturated heterocycles. The minimum Gasteiger partial charge on any atom is -0.265 e. The zero-order chi connectivity index (χ0) is 14.4. The summed E-state index contributed by atoms with van der Waals surface area (Å²) in [5.41, 5.74) is 9.02. The van der Waals surface area contributed by atoms with Crippen LogP contribution in [0.25, 0.3) is 0 Å². The van der Waals surface area contributed by atoms with Crippen LogP contribution in [0.5, 0.6) is 0 Å². The molecule has 1 spiro atoms. The lowest BCUT2D eigenvalue weighted by Gasteiger charge is -2.47. The molecule has 21 heavy (non-hydrogen) atoms. The van der Waals surface area contributed by atoms with Crippen LogP contribution < -0.4 is 10.9 Å². The molecule has 5 heteroatoms. The van der Waals surface area contributed by atoms with E-state index >= 15 is 0 Å². The Bertz CT molecular complexity index is 541. The maximum absolute atomic E-state index is 6.27. The molecule has 0 amide bonds. The molecular formula is C16H24N4O. The van der Waals surface area contributed by atoms with Gasteiger partial charge in [0.2, 0.25) is 0 Å². The summed E-state index contributed by atoms with van der Waals surface area (Å²) >= 11 is 0. The first-order chi connectivity index (χ1) is 10.1. The summed E-state index contributed by atoms with van der Waals surface area (Å²) in [6.45, 7) is 5.08. The van der Waals surface area contributed by atoms with Gasteiger partial charge in [-0.1, -0.05) is 0 Å². The maximum atomic E-state index is 6.27. The van der Waals surface area contributed by atoms with Gasteiger partial charge >= 0.3 is 0 Å². The van der Waals surface area contributed by atoms with Gasteiger partial charge in [0.25, 0.3) is 0 Å². The maximum Gasteiger partial charge on any atom is 0.143 e. The second-order valence-corrected chi connectivity index (χ2v) is 6.97. The van der Waals surface area contributed by atoms with Crippen molar-refractivity contribution in [1.82, 2.24) is 15.7 Å². The highest BCUT2D eigenvalue weighted by Crippen LogP contribution is 2.50. The SMILES string of the molecule is Cc1cnc(NN2NC[C@]3(CC4CCC3CC4)O2)cc1C. The van der Waals surface area contributed by atoms with E-state index in [1.165, 1.54) is 43.2 Å². The van der Waals surface area contributed by atoms with E-state index in [0.717, 1.165) is 18.3 Å². The third-order valence-electron chi connectivity index (χ3n) is 5.61. The number of fused-ring (bicyclic) bond motifs is 2. The Morgan fingerprint density at radius 2 is 2.10 bits per heavy atom. The second-order valence-electron chi connectivity index (χ2n) is 6.97. The Balaban J connectivity index is 1.45. The fourth-order valence-corrected chi connectivity index (χ4v) is 4.18. The van der Waals surface area contributed by atoms with Gasteiger partial charge in [0.1, 0.15) is 11.4 Å². The molecule has 3 saturated carbocycles. The molecule has 3 aliphatic carbocycles. The van der Waals surface area contributed by atoms with E-state index in [-0.39, 0.29) is 5.60 Å². The van der Waals surface area contributed by atoms with Gasteiger partial charge in [-0.2, -0.15) is 0 Å². The van der Waals surface area contributed by atoms with Crippen molar-refractivity contribution in [3.05, 3.63) is 23.4 Å². The van der Waals surface area contributed by atoms with Crippen molar-refractivity contribution in [3.63, 3.8) is 0 Å². The largest absolute Gasteiger partial charge is 0.265 e. The molecule has 5 nitrogen and oxygen atoms in total. The normalized spacial score (nSPS) is 35.5. The Hall–Kier alpha value is -1.17. The van der Waals surface area contributed by atoms with Gasteiger partial charge in [0.05, 0.1) is 0 Å². The van der Waals surface area contributed by atoms with E-state index < -0.39 is 0 Å². The van der Waals surface area contributed by atoms with Gasteiger partial charge in [-0.3, -0.25) is 10.3 Å². The first-order valence-electron chi connectivity index (χ1n) is 8.07. The Kier molecular flexibility index (Phi) is 3.17. The molecular weight excluding hydrogens is 264 g/mol. The Morgan fingerprint density at radius 3 is 2.76 bits per heavy atom. The van der Waals surface area contributed by atoms with Crippen LogP contribution in [0.3, 0.4) is 0 Å². The standard InChI is InChI=1S/C16H24N4O/c1-11-7-15(17-9-12(11)2)19-20-18-10-16(21-20)8-13-3-5-14(16)6-4-13/h7,9,13-14,18H,3-6,8,10H2,1-2H3,(H,17,19)/t13?,14?,16-/m0/s1. The first-order valence-corrected chi connectivity index (χ1v) is 8.07. The van der Waals surface area contributed by atoms with E-state index in [1.807, 2.05) is 6.20 Å². The number of hydrogen-bond donors (Lipinski definition) is 2. The van der Waals surface area contributed by atoms with Crippen LogP contribution >= 0.6 is 0 Å². The number of aromatic nitrogens is 1. The smallest absolute Gasteiger partial charge is 0.143 e. The molecule has 5 rings (SSSR count). The molecule has 1 aliphatic heterocycles. The number of hydrazine groups is 2. The fourth-order valence-electron chi connectivity index (χ4n) is 4.18. The van der Waals surface area contributed by atoms with Gasteiger partial charge in [0, 0.05) is 12.7 Å². The highest BCUT2D eigenvalue weighted by molar-refractivity contribution is 5.39. The van der Waals surface area contributed by atoms with Crippen LogP contribution in [-0.2, 0) is 4.84 Å². The molecule has 2 N–H and O–H groups in total. The topological polar surface area (TPSA) is 49.4 Å². The average molecular weight is 288 g/mol. The van der Waals surface area contributed by atoms with Gasteiger partial charge in [-0.05, 0) is 80.3 Å². The molecule has 114 valence electrons. The van der Waals surface area contributed by atoms with Crippen molar-refractivity contribution in [2.45, 2.75) is 51.6 Å². The number of aryl methyl sites for hydroxylation is 2. The van der Waals surface area contributed by atoms with Crippen molar-refractivity contribution < 1.29 is 4.84 Å². The van der Waals surface area contributed by atoms with Gasteiger partial charge in [0.15, 0.2) is 0 Å². The predicted octanol–water partition coefficient (Wildman–Crippen LogP) is 2.73. The van der Waals surface area contributed by atoms with Crippen LogP contribution in [0.2, 0.25) is 0 Å². The molecule has 0 aromatic carbocycles. The minimum absolute atomic E-state index is 0.00785. The van der Waals surface area contributed by atoms with Crippen LogP contribution in [0.4, 0.5) is 5.82 Å². The summed E-state index contributed by atoms with van der Waals surface area (Å²) in [6, 6.07) is 2.05. The molecule has 4 aliphatic rings. The zero-order valence-electron chi connectivity index (χ0n) is 12.9. The predicted molar refractivity (Wildman–Crippen MR) is 81.1 cm³/mol. The summed E-state index contributed by atoms with van der Waals surface area (Å²) in [6.07, 6.45) is 8.52. The first kappa shape index (κ1) is 13.5. The fraction of sp³-hybridized carbons (Fsp3) is 0.688. The molecule has 4 fully saturated rings. The van der Waals surface area contributed by atoms with E-state index in [0.29, 0.717) is 5.92 Å². The van der Waals surface area contributed by atoms with Crippen LogP contribution in [0.15, 0.2) is 12.3 Å². The van der Waals surface area contributed by atoms with Crippen LogP contribution in [0, 0.1) is 25.7 Å². The van der Waals surface area contributed by atoms with E-state index in [1.54, 1.807) is 5.28 Å². The van der Waals surface area contributed by atoms with Gasteiger partial charge < -0.3 is 0 Å². The van der Waals surface area contributed by atoms with Crippen molar-refractivity contribution in [2.24, 2.45) is 11.8 Å². The number of hydrogen-bond acceptors (Lipinski definition) is 5. The van der Waals surface area contributed by atoms with Crippen molar-refractivity contribution in [1.29, 1.82) is 0 Å². The molecule has 1 aromatic heterocycles. The van der Waals surface area contributed by atoms with Crippen LogP contribution in [-0.4, -0.2) is 22.4 Å². The lowest BCUT2D eigenvalue weighted by Crippen LogP contribution is -2.50. The van der Waals surface area contributed by atoms with Crippen molar-refractivity contribution >= 4 is 5.82 Å². The number of rotatable bonds is 2. The molecule has 1 atom stereocenters. The summed E-state index contributed by atoms with van der Waals surface area (Å²) < 4.78 is 0. The molecule has 1 aromatic rings. The summed E-state index contributed by atoms with van der Waals surface area (Å²) in [5.74, 6) is 2.38. The molecule has 2 heterocycles. The van der Waals surface area contributed by atoms with E-state index in [9.17, 15) is 0 Å². The van der Waals surface area contributed by atoms with E-state index in [2.05, 4.69) is 35.7 Å². The molecule has 0 unspecified atom stereocenters. The summed E-state index contributed by atoms with van der Waals surface area (Å²) in [5, 5.41) is 1.68. The summed E-state index contributed by atoms with van der Waals surface area (Å²) in [4.78, 5) is 10.7. The van der Waals surface area contributed by atoms with Crippen molar-refractivity contribution in [3.8, 4) is 0 Å². The molecule has 2 bridgehead atoms. The van der Waals surface area contributed by atoms with Gasteiger partial charge in [-0.25, -0.2) is 10.4 Å². The third-order valence-corrected chi connectivity index (χ3v) is 5.61. The van der Waals surface area contributed by atoms with E-state index in [4.69, 9.17) is 4.84 Å². The summed E-state index contributed by atoms with van der Waals surface area (Å²) in [7, 11) is 0. The lowest BCUT2D eigenvalue weighted by atomic mass is 9.62. The minimum atomic E-state index is 0.00785. The number of anilines is 1. The highest BCUT2D eigenvalue weighted by atomic mass is 16.8. The third kappa shape index (κ3) is 2.33. The van der Waals surface area contributed by atoms with Crippen LogP contribution in [0.1, 0.15) is 43.2 Å². The quantitative estimate of drug-likeness (QED) is 0.876. The lowest BCUT2D eigenvalue weighted by molar-refractivity contribution is -0.235. The number of pyridine rings is 1. The number of nitrogens with one attached hydrogen (secondary N) is 2.